The first-order chi connectivity index (χ1) is 14.5. The van der Waals surface area contributed by atoms with Gasteiger partial charge in [-0.15, -0.1) is 0 Å². The fourth-order valence-corrected chi connectivity index (χ4v) is 4.56. The van der Waals surface area contributed by atoms with Crippen LogP contribution in [0.2, 0.25) is 0 Å². The van der Waals surface area contributed by atoms with Crippen LogP contribution in [0.5, 0.6) is 0 Å². The molecular formula is C23H24N4O2S. The lowest BCUT2D eigenvalue weighted by atomic mass is 10.1. The number of anilines is 1. The maximum Gasteiger partial charge on any atom is 0.236 e. The molecule has 2 heterocycles. The maximum absolute atomic E-state index is 12.7. The van der Waals surface area contributed by atoms with Crippen molar-refractivity contribution in [2.75, 3.05) is 31.1 Å². The van der Waals surface area contributed by atoms with Crippen molar-refractivity contribution in [1.82, 2.24) is 14.3 Å². The van der Waals surface area contributed by atoms with Crippen LogP contribution in [0.3, 0.4) is 0 Å². The van der Waals surface area contributed by atoms with Crippen LogP contribution in [0, 0.1) is 6.92 Å². The van der Waals surface area contributed by atoms with Crippen LogP contribution >= 0.6 is 0 Å². The lowest BCUT2D eigenvalue weighted by Gasteiger charge is -2.34. The molecule has 1 saturated heterocycles. The minimum Gasteiger partial charge on any atom is -0.354 e. The molecule has 30 heavy (non-hydrogen) atoms. The smallest absolute Gasteiger partial charge is 0.236 e. The standard InChI is InChI=1S/C23H24N4O2S/c1-19-7-9-20(10-8-19)11-16-30(28,29)27-14-12-26(13-15-27)23-17-22(24-18-25-23)21-5-3-2-4-6-21/h2-11,16-18H,12-15H2,1H3/b16-11+. The van der Waals surface area contributed by atoms with Crippen molar-refractivity contribution in [3.8, 4) is 11.3 Å². The molecule has 1 aliphatic heterocycles. The van der Waals surface area contributed by atoms with Crippen molar-refractivity contribution in [1.29, 1.82) is 0 Å². The van der Waals surface area contributed by atoms with Crippen LogP contribution in [0.25, 0.3) is 17.3 Å². The topological polar surface area (TPSA) is 66.4 Å². The molecule has 0 atom stereocenters. The summed E-state index contributed by atoms with van der Waals surface area (Å²) >= 11 is 0. The number of hydrogen-bond donors (Lipinski definition) is 0. The van der Waals surface area contributed by atoms with Crippen molar-refractivity contribution < 1.29 is 8.42 Å². The molecule has 3 aromatic rings. The summed E-state index contributed by atoms with van der Waals surface area (Å²) in [5, 5.41) is 1.30. The van der Waals surface area contributed by atoms with E-state index in [0.717, 1.165) is 28.2 Å². The number of rotatable bonds is 5. The lowest BCUT2D eigenvalue weighted by Crippen LogP contribution is -2.48. The summed E-state index contributed by atoms with van der Waals surface area (Å²) in [5.74, 6) is 0.816. The molecule has 0 bridgehead atoms. The largest absolute Gasteiger partial charge is 0.354 e. The van der Waals surface area contributed by atoms with E-state index in [1.807, 2.05) is 67.6 Å². The predicted octanol–water partition coefficient (Wildman–Crippen LogP) is 3.57. The van der Waals surface area contributed by atoms with E-state index < -0.39 is 10.0 Å². The molecule has 6 nitrogen and oxygen atoms in total. The molecule has 1 aromatic heterocycles. The summed E-state index contributed by atoms with van der Waals surface area (Å²) in [6.45, 7) is 4.02. The fourth-order valence-electron chi connectivity index (χ4n) is 3.39. The number of aryl methyl sites for hydroxylation is 1. The summed E-state index contributed by atoms with van der Waals surface area (Å²) < 4.78 is 26.9. The number of benzene rings is 2. The van der Waals surface area contributed by atoms with Gasteiger partial charge in [0.25, 0.3) is 0 Å². The number of sulfonamides is 1. The van der Waals surface area contributed by atoms with Gasteiger partial charge in [0.1, 0.15) is 12.1 Å². The third kappa shape index (κ3) is 4.75. The highest BCUT2D eigenvalue weighted by molar-refractivity contribution is 7.92. The maximum atomic E-state index is 12.7. The molecule has 154 valence electrons. The molecule has 0 aliphatic carbocycles. The van der Waals surface area contributed by atoms with E-state index in [4.69, 9.17) is 0 Å². The number of piperazine rings is 1. The predicted molar refractivity (Wildman–Crippen MR) is 120 cm³/mol. The van der Waals surface area contributed by atoms with Crippen LogP contribution in [0.15, 0.2) is 72.4 Å². The summed E-state index contributed by atoms with van der Waals surface area (Å²) in [4.78, 5) is 10.9. The molecule has 0 amide bonds. The van der Waals surface area contributed by atoms with Gasteiger partial charge < -0.3 is 4.90 Å². The van der Waals surface area contributed by atoms with E-state index in [1.165, 1.54) is 9.71 Å². The van der Waals surface area contributed by atoms with Gasteiger partial charge >= 0.3 is 0 Å². The van der Waals surface area contributed by atoms with Gasteiger partial charge in [0.15, 0.2) is 0 Å². The van der Waals surface area contributed by atoms with Crippen molar-refractivity contribution in [2.24, 2.45) is 0 Å². The van der Waals surface area contributed by atoms with Crippen LogP contribution in [-0.2, 0) is 10.0 Å². The van der Waals surface area contributed by atoms with E-state index in [9.17, 15) is 8.42 Å². The van der Waals surface area contributed by atoms with Crippen molar-refractivity contribution >= 4 is 21.9 Å². The van der Waals surface area contributed by atoms with E-state index in [-0.39, 0.29) is 0 Å². The van der Waals surface area contributed by atoms with Crippen molar-refractivity contribution in [3.63, 3.8) is 0 Å². The Balaban J connectivity index is 1.42. The first-order valence-electron chi connectivity index (χ1n) is 9.89. The highest BCUT2D eigenvalue weighted by Crippen LogP contribution is 2.22. The van der Waals surface area contributed by atoms with E-state index in [1.54, 1.807) is 12.4 Å². The molecule has 0 N–H and O–H groups in total. The second kappa shape index (κ2) is 8.77. The van der Waals surface area contributed by atoms with Crippen LogP contribution in [0.4, 0.5) is 5.82 Å². The molecule has 2 aromatic carbocycles. The molecule has 4 rings (SSSR count). The minimum absolute atomic E-state index is 0.422. The lowest BCUT2D eigenvalue weighted by molar-refractivity contribution is 0.389. The van der Waals surface area contributed by atoms with E-state index in [2.05, 4.69) is 14.9 Å². The molecule has 0 unspecified atom stereocenters. The molecule has 1 aliphatic rings. The second-order valence-electron chi connectivity index (χ2n) is 7.27. The Morgan fingerprint density at radius 3 is 2.30 bits per heavy atom. The van der Waals surface area contributed by atoms with Gasteiger partial charge in [0.2, 0.25) is 10.0 Å². The van der Waals surface area contributed by atoms with E-state index in [0.29, 0.717) is 26.2 Å². The Hall–Kier alpha value is -3.03. The normalized spacial score (nSPS) is 15.6. The first kappa shape index (κ1) is 20.3. The molecule has 7 heteroatoms. The van der Waals surface area contributed by atoms with Crippen LogP contribution in [-0.4, -0.2) is 48.9 Å². The Morgan fingerprint density at radius 2 is 1.60 bits per heavy atom. The zero-order chi connectivity index (χ0) is 21.0. The van der Waals surface area contributed by atoms with Gasteiger partial charge in [-0.3, -0.25) is 0 Å². The third-order valence-electron chi connectivity index (χ3n) is 5.15. The van der Waals surface area contributed by atoms with Gasteiger partial charge in [-0.05, 0) is 18.6 Å². The molecule has 1 fully saturated rings. The fraction of sp³-hybridized carbons (Fsp3) is 0.217. The quantitative estimate of drug-likeness (QED) is 0.631. The summed E-state index contributed by atoms with van der Waals surface area (Å²) in [5.41, 5.74) is 3.91. The average Bonchev–Trinajstić information content (AvgIpc) is 2.79. The Labute approximate surface area is 177 Å². The second-order valence-corrected chi connectivity index (χ2v) is 9.09. The van der Waals surface area contributed by atoms with Crippen molar-refractivity contribution in [3.05, 3.63) is 83.5 Å². The van der Waals surface area contributed by atoms with E-state index >= 15 is 0 Å². The van der Waals surface area contributed by atoms with Gasteiger partial charge in [-0.2, -0.15) is 4.31 Å². The molecular weight excluding hydrogens is 396 g/mol. The molecule has 0 saturated carbocycles. The molecule has 0 spiro atoms. The first-order valence-corrected chi connectivity index (χ1v) is 11.4. The van der Waals surface area contributed by atoms with Crippen molar-refractivity contribution in [2.45, 2.75) is 6.92 Å². The monoisotopic (exact) mass is 420 g/mol. The Morgan fingerprint density at radius 1 is 0.900 bits per heavy atom. The highest BCUT2D eigenvalue weighted by atomic mass is 32.2. The summed E-state index contributed by atoms with van der Waals surface area (Å²) in [6.07, 6.45) is 3.21. The number of hydrogen-bond acceptors (Lipinski definition) is 5. The van der Waals surface area contributed by atoms with Gasteiger partial charge in [0.05, 0.1) is 5.69 Å². The van der Waals surface area contributed by atoms with Gasteiger partial charge in [-0.25, -0.2) is 18.4 Å². The highest BCUT2D eigenvalue weighted by Gasteiger charge is 2.25. The summed E-state index contributed by atoms with van der Waals surface area (Å²) in [6, 6.07) is 19.7. The average molecular weight is 421 g/mol. The Kier molecular flexibility index (Phi) is 5.92. The van der Waals surface area contributed by atoms with Crippen LogP contribution in [0.1, 0.15) is 11.1 Å². The number of aromatic nitrogens is 2. The molecule has 0 radical (unpaired) electrons. The minimum atomic E-state index is -3.46. The zero-order valence-corrected chi connectivity index (χ0v) is 17.7. The van der Waals surface area contributed by atoms with Crippen LogP contribution < -0.4 is 4.90 Å². The summed E-state index contributed by atoms with van der Waals surface area (Å²) in [7, 11) is -3.46. The van der Waals surface area contributed by atoms with Gasteiger partial charge in [0, 0.05) is 43.2 Å². The third-order valence-corrected chi connectivity index (χ3v) is 6.72. The van der Waals surface area contributed by atoms with Gasteiger partial charge in [-0.1, -0.05) is 60.2 Å². The zero-order valence-electron chi connectivity index (χ0n) is 16.8. The Bertz CT molecular complexity index is 1120. The number of nitrogens with zero attached hydrogens (tertiary/aromatic N) is 4. The SMILES string of the molecule is Cc1ccc(/C=C/S(=O)(=O)N2CCN(c3cc(-c4ccccc4)ncn3)CC2)cc1.